The molecule has 0 amide bonds. The van der Waals surface area contributed by atoms with Crippen molar-refractivity contribution in [3.8, 4) is 11.5 Å². The monoisotopic (exact) mass is 99.0 g/mol. The highest BCUT2D eigenvalue weighted by Crippen LogP contribution is 2.22. The molecule has 1 radical (unpaired) electrons. The minimum atomic E-state index is -0.347. The largest absolute Gasteiger partial charge is 0.502 e. The van der Waals surface area contributed by atoms with Crippen molar-refractivity contribution in [3.05, 3.63) is 12.5 Å². The molecule has 0 spiro atoms. The van der Waals surface area contributed by atoms with E-state index in [2.05, 4.69) is 4.42 Å². The van der Waals surface area contributed by atoms with Crippen LogP contribution < -0.4 is 0 Å². The van der Waals surface area contributed by atoms with Crippen LogP contribution in [0.2, 0.25) is 0 Å². The van der Waals surface area contributed by atoms with Crippen LogP contribution in [0.1, 0.15) is 0 Å². The van der Waals surface area contributed by atoms with Gasteiger partial charge in [-0.05, 0) is 0 Å². The van der Waals surface area contributed by atoms with E-state index in [9.17, 15) is 0 Å². The number of furan rings is 1. The first-order valence-electron chi connectivity index (χ1n) is 1.68. The van der Waals surface area contributed by atoms with Crippen LogP contribution in [0.4, 0.5) is 0 Å². The van der Waals surface area contributed by atoms with Crippen molar-refractivity contribution in [2.75, 3.05) is 0 Å². The summed E-state index contributed by atoms with van der Waals surface area (Å²) in [4.78, 5) is 0. The zero-order valence-corrected chi connectivity index (χ0v) is 3.38. The molecule has 1 rings (SSSR count). The third-order valence-electron chi connectivity index (χ3n) is 0.569. The summed E-state index contributed by atoms with van der Waals surface area (Å²) in [6.07, 6.45) is 2.99. The molecule has 0 saturated heterocycles. The van der Waals surface area contributed by atoms with Gasteiger partial charge in [-0.2, -0.15) is 0 Å². The Bertz CT molecular complexity index is 139. The Balaban J connectivity index is 3.12. The minimum absolute atomic E-state index is 0.278. The van der Waals surface area contributed by atoms with Crippen LogP contribution in [-0.2, 0) is 0 Å². The Labute approximate surface area is 39.8 Å². The highest BCUT2D eigenvalue weighted by atomic mass is 16.4. The van der Waals surface area contributed by atoms with Gasteiger partial charge in [-0.1, -0.05) is 0 Å². The lowest BCUT2D eigenvalue weighted by molar-refractivity contribution is 0.407. The molecule has 37 valence electrons. The quantitative estimate of drug-likeness (QED) is 0.497. The second kappa shape index (κ2) is 1.18. The van der Waals surface area contributed by atoms with E-state index in [1.807, 2.05) is 6.26 Å². The summed E-state index contributed by atoms with van der Waals surface area (Å²) in [6, 6.07) is 0. The number of hydrogen-bond acceptors (Lipinski definition) is 3. The van der Waals surface area contributed by atoms with E-state index >= 15 is 0 Å². The lowest BCUT2D eigenvalue weighted by atomic mass is 10.6. The number of hydrogen-bond donors (Lipinski definition) is 2. The number of rotatable bonds is 0. The first-order valence-corrected chi connectivity index (χ1v) is 1.68. The summed E-state index contributed by atoms with van der Waals surface area (Å²) in [5.74, 6) is -0.625. The third kappa shape index (κ3) is 0.513. The molecule has 3 nitrogen and oxygen atoms in total. The summed E-state index contributed by atoms with van der Waals surface area (Å²) >= 11 is 0. The van der Waals surface area contributed by atoms with Crippen LogP contribution >= 0.6 is 0 Å². The molecule has 0 aliphatic heterocycles. The number of aromatic hydroxyl groups is 2. The van der Waals surface area contributed by atoms with Gasteiger partial charge in [-0.3, -0.25) is 0 Å². The lowest BCUT2D eigenvalue weighted by Gasteiger charge is -1.76. The Morgan fingerprint density at radius 3 is 2.43 bits per heavy atom. The fraction of sp³-hybridized carbons (Fsp3) is 0. The van der Waals surface area contributed by atoms with E-state index in [0.29, 0.717) is 0 Å². The van der Waals surface area contributed by atoms with Gasteiger partial charge in [0.15, 0.2) is 5.75 Å². The first-order chi connectivity index (χ1) is 3.30. The summed E-state index contributed by atoms with van der Waals surface area (Å²) in [5.41, 5.74) is 0. The second-order valence-corrected chi connectivity index (χ2v) is 1.07. The Morgan fingerprint density at radius 2 is 2.29 bits per heavy atom. The lowest BCUT2D eigenvalue weighted by Crippen LogP contribution is -1.50. The van der Waals surface area contributed by atoms with E-state index in [1.165, 1.54) is 0 Å². The molecule has 0 saturated carbocycles. The molecular weight excluding hydrogens is 96.0 g/mol. The van der Waals surface area contributed by atoms with Crippen LogP contribution in [0.15, 0.2) is 10.7 Å². The summed E-state index contributed by atoms with van der Waals surface area (Å²) < 4.78 is 4.22. The molecule has 0 aliphatic rings. The van der Waals surface area contributed by atoms with Crippen molar-refractivity contribution in [2.45, 2.75) is 0 Å². The highest BCUT2D eigenvalue weighted by molar-refractivity contribution is 5.29. The predicted octanol–water partition coefficient (Wildman–Crippen LogP) is 0.491. The molecule has 0 atom stereocenters. The van der Waals surface area contributed by atoms with Gasteiger partial charge >= 0.3 is 0 Å². The summed E-state index contributed by atoms with van der Waals surface area (Å²) in [6.45, 7) is 0. The molecule has 1 aromatic rings. The van der Waals surface area contributed by atoms with Crippen molar-refractivity contribution < 1.29 is 14.6 Å². The average molecular weight is 99.1 g/mol. The Hall–Kier alpha value is -1.12. The third-order valence-corrected chi connectivity index (χ3v) is 0.569. The SMILES string of the molecule is Oc1[c]occ1O. The Kier molecular flexibility index (Phi) is 0.685. The molecule has 0 aliphatic carbocycles. The van der Waals surface area contributed by atoms with Crippen LogP contribution in [0.5, 0.6) is 11.5 Å². The van der Waals surface area contributed by atoms with Gasteiger partial charge in [0.2, 0.25) is 12.0 Å². The summed E-state index contributed by atoms with van der Waals surface area (Å²) in [5, 5.41) is 16.7. The van der Waals surface area contributed by atoms with E-state index in [-0.39, 0.29) is 11.5 Å². The molecule has 2 N–H and O–H groups in total. The maximum absolute atomic E-state index is 8.38. The topological polar surface area (TPSA) is 53.6 Å². The second-order valence-electron chi connectivity index (χ2n) is 1.07. The van der Waals surface area contributed by atoms with Crippen LogP contribution in [0.25, 0.3) is 0 Å². The fourth-order valence-corrected chi connectivity index (χ4v) is 0.249. The molecule has 1 heterocycles. The van der Waals surface area contributed by atoms with Crippen molar-refractivity contribution >= 4 is 0 Å². The molecule has 1 aromatic heterocycles. The van der Waals surface area contributed by atoms with E-state index in [0.717, 1.165) is 6.26 Å². The van der Waals surface area contributed by atoms with E-state index in [4.69, 9.17) is 10.2 Å². The smallest absolute Gasteiger partial charge is 0.218 e. The summed E-state index contributed by atoms with van der Waals surface area (Å²) in [7, 11) is 0. The van der Waals surface area contributed by atoms with Crippen molar-refractivity contribution in [1.82, 2.24) is 0 Å². The standard InChI is InChI=1S/C4H3O3/c5-3-1-7-2-4(3)6/h1,5-6H. The zero-order chi connectivity index (χ0) is 5.28. The molecule has 7 heavy (non-hydrogen) atoms. The normalized spacial score (nSPS) is 9.14. The van der Waals surface area contributed by atoms with E-state index in [1.54, 1.807) is 0 Å². The van der Waals surface area contributed by atoms with E-state index < -0.39 is 0 Å². The minimum Gasteiger partial charge on any atom is -0.502 e. The van der Waals surface area contributed by atoms with Crippen molar-refractivity contribution in [1.29, 1.82) is 0 Å². The van der Waals surface area contributed by atoms with Crippen molar-refractivity contribution in [3.63, 3.8) is 0 Å². The molecule has 3 heteroatoms. The van der Waals surface area contributed by atoms with Gasteiger partial charge < -0.3 is 14.6 Å². The maximum Gasteiger partial charge on any atom is 0.218 e. The predicted molar refractivity (Wildman–Crippen MR) is 20.9 cm³/mol. The van der Waals surface area contributed by atoms with Gasteiger partial charge in [0.05, 0.1) is 0 Å². The molecule has 0 aromatic carbocycles. The Morgan fingerprint density at radius 1 is 1.57 bits per heavy atom. The van der Waals surface area contributed by atoms with Gasteiger partial charge in [0.1, 0.15) is 6.26 Å². The maximum atomic E-state index is 8.38. The molecular formula is C4H3O3. The van der Waals surface area contributed by atoms with Gasteiger partial charge in [-0.15, -0.1) is 0 Å². The van der Waals surface area contributed by atoms with Gasteiger partial charge in [-0.25, -0.2) is 0 Å². The first kappa shape index (κ1) is 4.05. The molecule has 0 fully saturated rings. The van der Waals surface area contributed by atoms with Crippen molar-refractivity contribution in [2.24, 2.45) is 0 Å². The molecule has 0 bridgehead atoms. The fourth-order valence-electron chi connectivity index (χ4n) is 0.249. The van der Waals surface area contributed by atoms with Gasteiger partial charge in [0, 0.05) is 0 Å². The molecule has 0 unspecified atom stereocenters. The van der Waals surface area contributed by atoms with Crippen LogP contribution in [0, 0.1) is 6.26 Å². The zero-order valence-electron chi connectivity index (χ0n) is 3.38. The average Bonchev–Trinajstić information content (AvgIpc) is 1.91. The van der Waals surface area contributed by atoms with Crippen LogP contribution in [-0.4, -0.2) is 10.2 Å². The van der Waals surface area contributed by atoms with Crippen LogP contribution in [0.3, 0.4) is 0 Å². The highest BCUT2D eigenvalue weighted by Gasteiger charge is 1.97. The van der Waals surface area contributed by atoms with Gasteiger partial charge in [0.25, 0.3) is 0 Å².